The number of aromatic nitrogens is 2. The minimum atomic E-state index is -4.03. The predicted octanol–water partition coefficient (Wildman–Crippen LogP) is 2.28. The highest BCUT2D eigenvalue weighted by atomic mass is 32.2. The third-order valence-corrected chi connectivity index (χ3v) is 6.22. The fourth-order valence-corrected chi connectivity index (χ4v) is 4.66. The van der Waals surface area contributed by atoms with Gasteiger partial charge >= 0.3 is 6.61 Å². The van der Waals surface area contributed by atoms with Crippen LogP contribution in [-0.4, -0.2) is 50.2 Å². The molecule has 1 fully saturated rings. The zero-order valence-corrected chi connectivity index (χ0v) is 15.6. The Kier molecular flexibility index (Phi) is 4.90. The van der Waals surface area contributed by atoms with E-state index in [-0.39, 0.29) is 10.6 Å². The number of fused-ring (bicyclic) bond motifs is 1. The van der Waals surface area contributed by atoms with Crippen molar-refractivity contribution in [2.75, 3.05) is 31.1 Å². The normalized spacial score (nSPS) is 15.3. The predicted molar refractivity (Wildman–Crippen MR) is 100 cm³/mol. The van der Waals surface area contributed by atoms with Crippen molar-refractivity contribution in [2.24, 2.45) is 0 Å². The van der Waals surface area contributed by atoms with Crippen molar-refractivity contribution in [1.29, 1.82) is 0 Å². The molecule has 10 heteroatoms. The molecule has 0 spiro atoms. The van der Waals surface area contributed by atoms with Gasteiger partial charge in [-0.15, -0.1) is 0 Å². The van der Waals surface area contributed by atoms with E-state index in [1.807, 2.05) is 0 Å². The van der Waals surface area contributed by atoms with E-state index in [0.29, 0.717) is 11.0 Å². The molecule has 1 N–H and O–H groups in total. The summed E-state index contributed by atoms with van der Waals surface area (Å²) < 4.78 is 57.0. The number of nitrogens with zero attached hydrogens (tertiary/aromatic N) is 3. The average Bonchev–Trinajstić information content (AvgIpc) is 3.09. The van der Waals surface area contributed by atoms with Gasteiger partial charge in [0.05, 0.1) is 16.1 Å². The van der Waals surface area contributed by atoms with E-state index in [1.54, 1.807) is 24.5 Å². The highest BCUT2D eigenvalue weighted by molar-refractivity contribution is 7.90. The molecule has 4 rings (SSSR count). The Balaban J connectivity index is 1.82. The maximum absolute atomic E-state index is 13.2. The van der Waals surface area contributed by atoms with Gasteiger partial charge < -0.3 is 15.0 Å². The number of piperazine rings is 1. The number of nitrogens with one attached hydrogen (secondary N) is 1. The number of benzene rings is 1. The smallest absolute Gasteiger partial charge is 0.387 e. The first-order valence-corrected chi connectivity index (χ1v) is 10.1. The van der Waals surface area contributed by atoms with Gasteiger partial charge in [-0.3, -0.25) is 4.98 Å². The Hall–Kier alpha value is -2.72. The fourth-order valence-electron chi connectivity index (χ4n) is 3.27. The van der Waals surface area contributed by atoms with Crippen molar-refractivity contribution in [1.82, 2.24) is 14.3 Å². The Morgan fingerprint density at radius 2 is 1.93 bits per heavy atom. The Morgan fingerprint density at radius 3 is 2.68 bits per heavy atom. The fraction of sp³-hybridized carbons (Fsp3) is 0.278. The van der Waals surface area contributed by atoms with Gasteiger partial charge in [0, 0.05) is 44.6 Å². The van der Waals surface area contributed by atoms with E-state index in [9.17, 15) is 17.2 Å². The molecule has 1 saturated heterocycles. The molecule has 0 aliphatic carbocycles. The molecule has 0 amide bonds. The number of alkyl halides is 2. The maximum Gasteiger partial charge on any atom is 0.387 e. The lowest BCUT2D eigenvalue weighted by molar-refractivity contribution is -0.0499. The van der Waals surface area contributed by atoms with Gasteiger partial charge in [0.15, 0.2) is 0 Å². The topological polar surface area (TPSA) is 76.5 Å². The summed E-state index contributed by atoms with van der Waals surface area (Å²) in [5.74, 6) is -0.215. The van der Waals surface area contributed by atoms with Crippen LogP contribution in [0.4, 0.5) is 14.5 Å². The van der Waals surface area contributed by atoms with Gasteiger partial charge in [0.2, 0.25) is 0 Å². The van der Waals surface area contributed by atoms with Crippen molar-refractivity contribution >= 4 is 26.7 Å². The molecule has 0 bridgehead atoms. The SMILES string of the molecule is O=S(=O)(c1cccc(OC(F)F)c1)n1cc(N2CCNCC2)c2ncccc21. The van der Waals surface area contributed by atoms with Crippen molar-refractivity contribution in [3.8, 4) is 5.75 Å². The number of hydrogen-bond acceptors (Lipinski definition) is 6. The lowest BCUT2D eigenvalue weighted by atomic mass is 10.3. The van der Waals surface area contributed by atoms with Crippen molar-refractivity contribution in [2.45, 2.75) is 11.5 Å². The third-order valence-electron chi connectivity index (χ3n) is 4.55. The highest BCUT2D eigenvalue weighted by Crippen LogP contribution is 2.31. The van der Waals surface area contributed by atoms with Crippen LogP contribution in [0.25, 0.3) is 11.0 Å². The summed E-state index contributed by atoms with van der Waals surface area (Å²) >= 11 is 0. The minimum Gasteiger partial charge on any atom is -0.435 e. The third kappa shape index (κ3) is 3.40. The van der Waals surface area contributed by atoms with Gasteiger partial charge in [-0.2, -0.15) is 8.78 Å². The van der Waals surface area contributed by atoms with Gasteiger partial charge in [-0.05, 0) is 24.3 Å². The minimum absolute atomic E-state index is 0.140. The van der Waals surface area contributed by atoms with E-state index in [2.05, 4.69) is 19.9 Å². The van der Waals surface area contributed by atoms with Gasteiger partial charge in [0.25, 0.3) is 10.0 Å². The Morgan fingerprint density at radius 1 is 1.14 bits per heavy atom. The summed E-state index contributed by atoms with van der Waals surface area (Å²) in [4.78, 5) is 6.31. The number of halogens is 2. The zero-order valence-electron chi connectivity index (χ0n) is 14.8. The molecule has 0 saturated carbocycles. The maximum atomic E-state index is 13.2. The molecule has 0 unspecified atom stereocenters. The van der Waals surface area contributed by atoms with Gasteiger partial charge in [0.1, 0.15) is 11.3 Å². The Bertz CT molecular complexity index is 1100. The number of rotatable bonds is 5. The first kappa shape index (κ1) is 18.6. The van der Waals surface area contributed by atoms with E-state index < -0.39 is 16.6 Å². The molecule has 3 aromatic rings. The molecular weight excluding hydrogens is 390 g/mol. The molecule has 3 heterocycles. The largest absolute Gasteiger partial charge is 0.435 e. The monoisotopic (exact) mass is 408 g/mol. The summed E-state index contributed by atoms with van der Waals surface area (Å²) in [6, 6.07) is 8.42. The second kappa shape index (κ2) is 7.36. The van der Waals surface area contributed by atoms with Crippen LogP contribution < -0.4 is 15.0 Å². The van der Waals surface area contributed by atoms with Crippen molar-refractivity contribution in [3.05, 3.63) is 48.8 Å². The van der Waals surface area contributed by atoms with Crippen LogP contribution >= 0.6 is 0 Å². The standard InChI is InChI=1S/C18H18F2N4O3S/c19-18(20)27-13-3-1-4-14(11-13)28(25,26)24-12-16(23-9-7-21-8-10-23)17-15(24)5-2-6-22-17/h1-6,11-12,18,21H,7-10H2. The van der Waals surface area contributed by atoms with Crippen molar-refractivity contribution < 1.29 is 21.9 Å². The molecule has 0 radical (unpaired) electrons. The molecule has 0 atom stereocenters. The summed E-state index contributed by atoms with van der Waals surface area (Å²) in [6.07, 6.45) is 3.15. The molecule has 1 aliphatic rings. The van der Waals surface area contributed by atoms with E-state index in [0.717, 1.165) is 41.9 Å². The quantitative estimate of drug-likeness (QED) is 0.698. The summed E-state index contributed by atoms with van der Waals surface area (Å²) in [5.41, 5.74) is 1.73. The first-order chi connectivity index (χ1) is 13.5. The highest BCUT2D eigenvalue weighted by Gasteiger charge is 2.25. The number of anilines is 1. The molecule has 2 aromatic heterocycles. The van der Waals surface area contributed by atoms with E-state index in [1.165, 1.54) is 18.2 Å². The second-order valence-corrected chi connectivity index (χ2v) is 8.09. The molecule has 1 aromatic carbocycles. The lowest BCUT2D eigenvalue weighted by Gasteiger charge is -2.28. The first-order valence-electron chi connectivity index (χ1n) is 8.69. The number of hydrogen-bond donors (Lipinski definition) is 1. The number of pyridine rings is 1. The van der Waals surface area contributed by atoms with Crippen LogP contribution in [0.3, 0.4) is 0 Å². The zero-order chi connectivity index (χ0) is 19.7. The number of ether oxygens (including phenoxy) is 1. The second-order valence-electron chi connectivity index (χ2n) is 6.28. The molecule has 28 heavy (non-hydrogen) atoms. The lowest BCUT2D eigenvalue weighted by Crippen LogP contribution is -2.43. The van der Waals surface area contributed by atoms with Crippen LogP contribution in [0.1, 0.15) is 0 Å². The van der Waals surface area contributed by atoms with Crippen LogP contribution in [-0.2, 0) is 10.0 Å². The van der Waals surface area contributed by atoms with Crippen LogP contribution in [0.2, 0.25) is 0 Å². The van der Waals surface area contributed by atoms with E-state index in [4.69, 9.17) is 0 Å². The summed E-state index contributed by atoms with van der Waals surface area (Å²) in [5, 5.41) is 3.25. The molecule has 1 aliphatic heterocycles. The van der Waals surface area contributed by atoms with Crippen molar-refractivity contribution in [3.63, 3.8) is 0 Å². The molecular formula is C18H18F2N4O3S. The molecule has 148 valence electrons. The van der Waals surface area contributed by atoms with Crippen LogP contribution in [0.15, 0.2) is 53.7 Å². The van der Waals surface area contributed by atoms with Gasteiger partial charge in [-0.25, -0.2) is 12.4 Å². The molecule has 7 nitrogen and oxygen atoms in total. The van der Waals surface area contributed by atoms with Crippen LogP contribution in [0, 0.1) is 0 Å². The van der Waals surface area contributed by atoms with E-state index >= 15 is 0 Å². The summed E-state index contributed by atoms with van der Waals surface area (Å²) in [6.45, 7) is 0.00766. The van der Waals surface area contributed by atoms with Crippen LogP contribution in [0.5, 0.6) is 5.75 Å². The average molecular weight is 408 g/mol. The van der Waals surface area contributed by atoms with Gasteiger partial charge in [-0.1, -0.05) is 6.07 Å². The summed E-state index contributed by atoms with van der Waals surface area (Å²) in [7, 11) is -4.03. The Labute approximate surface area is 160 Å².